The molecule has 0 atom stereocenters. The van der Waals surface area contributed by atoms with Crippen LogP contribution in [0.1, 0.15) is 11.1 Å². The summed E-state index contributed by atoms with van der Waals surface area (Å²) >= 11 is 0. The Balaban J connectivity index is 1.44. The lowest BCUT2D eigenvalue weighted by Gasteiger charge is -2.17. The van der Waals surface area contributed by atoms with Gasteiger partial charge >= 0.3 is 12.4 Å². The lowest BCUT2D eigenvalue weighted by atomic mass is 10.00. The fraction of sp³-hybridized carbons (Fsp3) is 0.0488. The maximum atomic E-state index is 14.1. The second-order valence-corrected chi connectivity index (χ2v) is 11.9. The van der Waals surface area contributed by atoms with Crippen LogP contribution in [0.5, 0.6) is 0 Å². The highest BCUT2D eigenvalue weighted by Gasteiger charge is 2.32. The fourth-order valence-corrected chi connectivity index (χ4v) is 6.27. The summed E-state index contributed by atoms with van der Waals surface area (Å²) in [5.74, 6) is 1.03. The Morgan fingerprint density at radius 3 is 1.51 bits per heavy atom. The van der Waals surface area contributed by atoms with Gasteiger partial charge in [-0.1, -0.05) is 103 Å². The summed E-state index contributed by atoms with van der Waals surface area (Å²) in [6, 6.07) is 39.6. The summed E-state index contributed by atoms with van der Waals surface area (Å²) in [6.07, 6.45) is -9.12. The first kappa shape index (κ1) is 31.9. The summed E-state index contributed by atoms with van der Waals surface area (Å²) in [4.78, 5) is 14.6. The number of aromatic nitrogens is 4. The fourth-order valence-electron chi connectivity index (χ4n) is 6.27. The van der Waals surface area contributed by atoms with E-state index in [1.165, 1.54) is 18.2 Å². The van der Waals surface area contributed by atoms with Gasteiger partial charge in [-0.2, -0.15) is 26.3 Å². The van der Waals surface area contributed by atoms with Crippen molar-refractivity contribution in [3.63, 3.8) is 0 Å². The normalized spacial score (nSPS) is 12.1. The standard InChI is InChI=1S/C41H24F6N4/c42-40(43,44)29-18-15-25(16-19-29)28-17-21-33(39-49-37(26-9-3-1-4-10-26)48-38(50-39)27-11-5-2-6-12-27)35(23-28)51-34-14-8-7-13-31(34)32-22-20-30(24-36(32)51)41(45,46)47/h1-24H. The second-order valence-electron chi connectivity index (χ2n) is 11.9. The Morgan fingerprint density at radius 1 is 0.392 bits per heavy atom. The first-order chi connectivity index (χ1) is 24.5. The average molecular weight is 687 g/mol. The third kappa shape index (κ3) is 5.99. The molecule has 2 aromatic heterocycles. The minimum absolute atomic E-state index is 0.259. The van der Waals surface area contributed by atoms with E-state index in [0.29, 0.717) is 44.9 Å². The molecule has 0 bridgehead atoms. The van der Waals surface area contributed by atoms with Gasteiger partial charge in [-0.3, -0.25) is 0 Å². The molecule has 8 rings (SSSR count). The Hall–Kier alpha value is -6.29. The number of nitrogens with zero attached hydrogens (tertiary/aromatic N) is 4. The zero-order valence-corrected chi connectivity index (χ0v) is 26.4. The molecule has 4 nitrogen and oxygen atoms in total. The van der Waals surface area contributed by atoms with Crippen molar-refractivity contribution >= 4 is 21.8 Å². The molecule has 0 saturated carbocycles. The van der Waals surface area contributed by atoms with Gasteiger partial charge in [0.1, 0.15) is 0 Å². The molecule has 51 heavy (non-hydrogen) atoms. The molecule has 0 amide bonds. The van der Waals surface area contributed by atoms with Gasteiger partial charge in [0, 0.05) is 27.5 Å². The number of benzene rings is 6. The highest BCUT2D eigenvalue weighted by atomic mass is 19.4. The molecule has 0 N–H and O–H groups in total. The number of hydrogen-bond acceptors (Lipinski definition) is 3. The van der Waals surface area contributed by atoms with Crippen LogP contribution < -0.4 is 0 Å². The van der Waals surface area contributed by atoms with Gasteiger partial charge in [0.2, 0.25) is 0 Å². The SMILES string of the molecule is FC(F)(F)c1ccc(-c2ccc(-c3nc(-c4ccccc4)nc(-c4ccccc4)n3)c(-n3c4ccccc4c4ccc(C(F)(F)F)cc43)c2)cc1. The molecule has 0 aliphatic rings. The topological polar surface area (TPSA) is 43.6 Å². The molecule has 0 radical (unpaired) electrons. The molecule has 0 aliphatic heterocycles. The van der Waals surface area contributed by atoms with Crippen molar-refractivity contribution in [2.45, 2.75) is 12.4 Å². The Morgan fingerprint density at radius 2 is 0.902 bits per heavy atom. The molecule has 10 heteroatoms. The highest BCUT2D eigenvalue weighted by molar-refractivity contribution is 6.10. The lowest BCUT2D eigenvalue weighted by molar-refractivity contribution is -0.138. The lowest BCUT2D eigenvalue weighted by Crippen LogP contribution is -2.06. The monoisotopic (exact) mass is 686 g/mol. The van der Waals surface area contributed by atoms with Gasteiger partial charge < -0.3 is 4.57 Å². The van der Waals surface area contributed by atoms with E-state index >= 15 is 0 Å². The number of para-hydroxylation sites is 1. The maximum absolute atomic E-state index is 14.1. The van der Waals surface area contributed by atoms with Gasteiger partial charge in [0.15, 0.2) is 17.5 Å². The molecule has 0 saturated heterocycles. The average Bonchev–Trinajstić information content (AvgIpc) is 3.48. The van der Waals surface area contributed by atoms with Crippen molar-refractivity contribution in [3.05, 3.63) is 157 Å². The number of alkyl halides is 6. The summed E-state index contributed by atoms with van der Waals surface area (Å²) in [5.41, 5.74) is 2.69. The van der Waals surface area contributed by atoms with E-state index in [0.717, 1.165) is 40.8 Å². The zero-order valence-electron chi connectivity index (χ0n) is 26.4. The number of halogens is 6. The van der Waals surface area contributed by atoms with E-state index in [2.05, 4.69) is 0 Å². The predicted molar refractivity (Wildman–Crippen MR) is 186 cm³/mol. The Bertz CT molecular complexity index is 2480. The summed E-state index contributed by atoms with van der Waals surface area (Å²) in [7, 11) is 0. The van der Waals surface area contributed by atoms with E-state index in [1.807, 2.05) is 78.9 Å². The molecular formula is C41H24F6N4. The van der Waals surface area contributed by atoms with Gasteiger partial charge in [0.05, 0.1) is 27.8 Å². The van der Waals surface area contributed by atoms with Crippen LogP contribution in [-0.4, -0.2) is 19.5 Å². The van der Waals surface area contributed by atoms with Crippen molar-refractivity contribution in [2.75, 3.05) is 0 Å². The highest BCUT2D eigenvalue weighted by Crippen LogP contribution is 2.41. The molecule has 0 unspecified atom stereocenters. The van der Waals surface area contributed by atoms with E-state index < -0.39 is 23.5 Å². The van der Waals surface area contributed by atoms with Crippen molar-refractivity contribution in [3.8, 4) is 51.0 Å². The summed E-state index contributed by atoms with van der Waals surface area (Å²) in [6.45, 7) is 0. The van der Waals surface area contributed by atoms with Crippen LogP contribution in [0, 0.1) is 0 Å². The smallest absolute Gasteiger partial charge is 0.308 e. The first-order valence-electron chi connectivity index (χ1n) is 15.8. The Labute approximate surface area is 287 Å². The third-order valence-electron chi connectivity index (χ3n) is 8.73. The number of hydrogen-bond donors (Lipinski definition) is 0. The van der Waals surface area contributed by atoms with Gasteiger partial charge in [-0.05, 0) is 53.6 Å². The Kier molecular flexibility index (Phi) is 7.67. The molecule has 8 aromatic rings. The minimum Gasteiger partial charge on any atom is -0.308 e. The van der Waals surface area contributed by atoms with Crippen molar-refractivity contribution < 1.29 is 26.3 Å². The second kappa shape index (κ2) is 12.2. The van der Waals surface area contributed by atoms with E-state index in [4.69, 9.17) is 15.0 Å². The predicted octanol–water partition coefficient (Wildman–Crippen LogP) is 11.7. The summed E-state index contributed by atoms with van der Waals surface area (Å²) in [5, 5.41) is 1.31. The van der Waals surface area contributed by atoms with Crippen molar-refractivity contribution in [1.29, 1.82) is 0 Å². The molecular weight excluding hydrogens is 662 g/mol. The van der Waals surface area contributed by atoms with Crippen LogP contribution in [0.4, 0.5) is 26.3 Å². The first-order valence-corrected chi connectivity index (χ1v) is 15.8. The van der Waals surface area contributed by atoms with Crippen LogP contribution >= 0.6 is 0 Å². The zero-order chi connectivity index (χ0) is 35.3. The van der Waals surface area contributed by atoms with Gasteiger partial charge in [0.25, 0.3) is 0 Å². The van der Waals surface area contributed by atoms with E-state index in [1.54, 1.807) is 28.8 Å². The molecule has 250 valence electrons. The molecule has 0 aliphatic carbocycles. The van der Waals surface area contributed by atoms with Crippen molar-refractivity contribution in [2.24, 2.45) is 0 Å². The largest absolute Gasteiger partial charge is 0.416 e. The van der Waals surface area contributed by atoms with Crippen LogP contribution in [0.15, 0.2) is 146 Å². The molecule has 0 spiro atoms. The number of rotatable bonds is 5. The van der Waals surface area contributed by atoms with Gasteiger partial charge in [-0.15, -0.1) is 0 Å². The third-order valence-corrected chi connectivity index (χ3v) is 8.73. The molecule has 2 heterocycles. The quantitative estimate of drug-likeness (QED) is 0.169. The molecule has 6 aromatic carbocycles. The van der Waals surface area contributed by atoms with E-state index in [-0.39, 0.29) is 11.3 Å². The molecule has 0 fully saturated rings. The van der Waals surface area contributed by atoms with Crippen LogP contribution in [0.2, 0.25) is 0 Å². The van der Waals surface area contributed by atoms with Crippen LogP contribution in [-0.2, 0) is 12.4 Å². The van der Waals surface area contributed by atoms with Crippen LogP contribution in [0.25, 0.3) is 72.8 Å². The number of fused-ring (bicyclic) bond motifs is 3. The van der Waals surface area contributed by atoms with Crippen LogP contribution in [0.3, 0.4) is 0 Å². The van der Waals surface area contributed by atoms with Crippen molar-refractivity contribution in [1.82, 2.24) is 19.5 Å². The minimum atomic E-state index is -4.61. The van der Waals surface area contributed by atoms with Gasteiger partial charge in [-0.25, -0.2) is 15.0 Å². The van der Waals surface area contributed by atoms with E-state index in [9.17, 15) is 26.3 Å². The summed E-state index contributed by atoms with van der Waals surface area (Å²) < 4.78 is 84.5. The maximum Gasteiger partial charge on any atom is 0.416 e.